The Morgan fingerprint density at radius 2 is 1.32 bits per heavy atom. The van der Waals surface area contributed by atoms with Gasteiger partial charge in [0, 0.05) is 24.6 Å². The summed E-state index contributed by atoms with van der Waals surface area (Å²) in [6.45, 7) is 14.5. The summed E-state index contributed by atoms with van der Waals surface area (Å²) in [5.74, 6) is -2.87. The van der Waals surface area contributed by atoms with Gasteiger partial charge in [-0.1, -0.05) is 99.6 Å². The first-order chi connectivity index (χ1) is 19.4. The molecule has 1 aliphatic rings. The van der Waals surface area contributed by atoms with E-state index < -0.39 is 11.6 Å². The fourth-order valence-corrected chi connectivity index (χ4v) is 5.60. The molecule has 0 atom stereocenters. The van der Waals surface area contributed by atoms with Crippen molar-refractivity contribution < 1.29 is 18.0 Å². The Labute approximate surface area is 246 Å². The number of benzene rings is 3. The van der Waals surface area contributed by atoms with Crippen molar-refractivity contribution in [2.75, 3.05) is 19.6 Å². The lowest BCUT2D eigenvalue weighted by molar-refractivity contribution is 0.0164. The Bertz CT molecular complexity index is 1200. The Hall–Kier alpha value is -2.92. The van der Waals surface area contributed by atoms with Crippen molar-refractivity contribution >= 4 is 5.78 Å². The van der Waals surface area contributed by atoms with E-state index in [0.717, 1.165) is 51.4 Å². The number of nitrogens with zero attached hydrogens (tertiary/aromatic N) is 1. The second kappa shape index (κ2) is 15.3. The minimum Gasteiger partial charge on any atom is -0.303 e. The predicted octanol–water partition coefficient (Wildman–Crippen LogP) is 9.90. The zero-order valence-corrected chi connectivity index (χ0v) is 25.9. The number of carbonyl (C=O) groups is 1. The van der Waals surface area contributed by atoms with Gasteiger partial charge in [-0.3, -0.25) is 4.79 Å². The molecular formula is C36H48F3NO. The molecule has 3 aromatic carbocycles. The highest BCUT2D eigenvalue weighted by atomic mass is 19.3. The van der Waals surface area contributed by atoms with E-state index >= 15 is 0 Å². The number of rotatable bonds is 8. The first-order valence-corrected chi connectivity index (χ1v) is 14.9. The number of alkyl halides is 3. The van der Waals surface area contributed by atoms with Gasteiger partial charge in [-0.2, -0.15) is 0 Å². The normalized spacial score (nSPS) is 15.2. The molecular weight excluding hydrogens is 519 g/mol. The van der Waals surface area contributed by atoms with Crippen LogP contribution in [0.4, 0.5) is 13.2 Å². The van der Waals surface area contributed by atoms with Gasteiger partial charge in [0.1, 0.15) is 5.67 Å². The molecule has 0 spiro atoms. The van der Waals surface area contributed by atoms with Gasteiger partial charge in [0.05, 0.1) is 0 Å². The van der Waals surface area contributed by atoms with E-state index in [-0.39, 0.29) is 16.8 Å². The second-order valence-electron chi connectivity index (χ2n) is 11.2. The first-order valence-electron chi connectivity index (χ1n) is 14.9. The van der Waals surface area contributed by atoms with Crippen LogP contribution in [-0.2, 0) is 23.4 Å². The summed E-state index contributed by atoms with van der Waals surface area (Å²) >= 11 is 0. The minimum atomic E-state index is -2.77. The Morgan fingerprint density at radius 3 is 1.80 bits per heavy atom. The molecule has 0 amide bonds. The van der Waals surface area contributed by atoms with Gasteiger partial charge in [0.15, 0.2) is 5.78 Å². The summed E-state index contributed by atoms with van der Waals surface area (Å²) < 4.78 is 41.2. The first kappa shape index (κ1) is 34.3. The number of carbonyl (C=O) groups excluding carboxylic acids is 1. The number of halogens is 3. The summed E-state index contributed by atoms with van der Waals surface area (Å²) in [5.41, 5.74) is 2.13. The van der Waals surface area contributed by atoms with Crippen molar-refractivity contribution in [1.82, 2.24) is 4.90 Å². The van der Waals surface area contributed by atoms with Gasteiger partial charge in [-0.05, 0) is 81.6 Å². The van der Waals surface area contributed by atoms with Crippen LogP contribution in [0.15, 0.2) is 78.9 Å². The van der Waals surface area contributed by atoms with Crippen LogP contribution in [0.2, 0.25) is 0 Å². The van der Waals surface area contributed by atoms with Crippen LogP contribution in [0.5, 0.6) is 0 Å². The second-order valence-corrected chi connectivity index (χ2v) is 11.2. The molecule has 0 aromatic heterocycles. The fourth-order valence-electron chi connectivity index (χ4n) is 5.60. The number of Topliss-reactive ketones (excluding diaryl/α,β-unsaturated/α-hetero) is 1. The van der Waals surface area contributed by atoms with Crippen LogP contribution in [0.25, 0.3) is 0 Å². The highest BCUT2D eigenvalue weighted by Crippen LogP contribution is 2.38. The maximum Gasteiger partial charge on any atom is 0.270 e. The van der Waals surface area contributed by atoms with Crippen LogP contribution < -0.4 is 0 Å². The molecule has 4 rings (SSSR count). The number of likely N-dealkylation sites (tertiary alicyclic amines) is 1. The SMILES string of the molecule is CC.CC(=O)c1ccccc1C(C)(C)F.CCC1(c2ccccc2)CCN(CCc2ccccc2C(C)(F)F)CC1. The Kier molecular flexibility index (Phi) is 12.8. The molecule has 0 N–H and O–H groups in total. The van der Waals surface area contributed by atoms with E-state index in [1.54, 1.807) is 36.4 Å². The summed E-state index contributed by atoms with van der Waals surface area (Å²) in [6, 6.07) is 24.6. The zero-order valence-electron chi connectivity index (χ0n) is 25.9. The van der Waals surface area contributed by atoms with Gasteiger partial charge in [-0.25, -0.2) is 13.2 Å². The topological polar surface area (TPSA) is 20.3 Å². The van der Waals surface area contributed by atoms with Crippen LogP contribution in [0.1, 0.15) is 100 Å². The van der Waals surface area contributed by atoms with Crippen LogP contribution in [-0.4, -0.2) is 30.3 Å². The third-order valence-corrected chi connectivity index (χ3v) is 8.01. The summed E-state index contributed by atoms with van der Waals surface area (Å²) in [5, 5.41) is 0. The maximum absolute atomic E-state index is 13.8. The van der Waals surface area contributed by atoms with Crippen LogP contribution in [0.3, 0.4) is 0 Å². The van der Waals surface area contributed by atoms with Gasteiger partial charge in [0.25, 0.3) is 5.92 Å². The van der Waals surface area contributed by atoms with Crippen molar-refractivity contribution in [2.24, 2.45) is 0 Å². The molecule has 41 heavy (non-hydrogen) atoms. The molecule has 0 aliphatic carbocycles. The monoisotopic (exact) mass is 567 g/mol. The highest BCUT2D eigenvalue weighted by molar-refractivity contribution is 5.95. The van der Waals surface area contributed by atoms with Crippen molar-refractivity contribution in [2.45, 2.75) is 91.2 Å². The van der Waals surface area contributed by atoms with Crippen molar-refractivity contribution in [1.29, 1.82) is 0 Å². The molecule has 5 heteroatoms. The molecule has 2 nitrogen and oxygen atoms in total. The summed E-state index contributed by atoms with van der Waals surface area (Å²) in [4.78, 5) is 13.6. The lowest BCUT2D eigenvalue weighted by Gasteiger charge is -2.42. The molecule has 224 valence electrons. The van der Waals surface area contributed by atoms with E-state index in [1.807, 2.05) is 26.0 Å². The largest absolute Gasteiger partial charge is 0.303 e. The lowest BCUT2D eigenvalue weighted by Crippen LogP contribution is -2.43. The summed E-state index contributed by atoms with van der Waals surface area (Å²) in [6.07, 6.45) is 4.11. The average Bonchev–Trinajstić information content (AvgIpc) is 2.97. The molecule has 1 saturated heterocycles. The number of hydrogen-bond acceptors (Lipinski definition) is 2. The zero-order chi connectivity index (χ0) is 30.7. The molecule has 1 fully saturated rings. The van der Waals surface area contributed by atoms with Crippen LogP contribution in [0, 0.1) is 0 Å². The molecule has 1 heterocycles. The van der Waals surface area contributed by atoms with E-state index in [0.29, 0.717) is 17.5 Å². The quantitative estimate of drug-likeness (QED) is 0.253. The standard InChI is InChI=1S/C23H29F2N.C11H13FO.C2H6/c1-3-23(20-10-5-4-6-11-20)14-17-26(18-15-23)16-13-19-9-7-8-12-21(19)22(2,24)25;1-8(13)9-6-4-5-7-10(9)11(2,3)12;1-2/h4-12H,3,13-18H2,1-2H3;4-7H,1-3H3;1-2H3. The minimum absolute atomic E-state index is 0.0960. The van der Waals surface area contributed by atoms with E-state index in [2.05, 4.69) is 42.2 Å². The average molecular weight is 568 g/mol. The molecule has 1 aliphatic heterocycles. The van der Waals surface area contributed by atoms with E-state index in [4.69, 9.17) is 0 Å². The molecule has 0 saturated carbocycles. The van der Waals surface area contributed by atoms with E-state index in [1.165, 1.54) is 26.3 Å². The number of ketones is 1. The van der Waals surface area contributed by atoms with Gasteiger partial charge in [-0.15, -0.1) is 0 Å². The Morgan fingerprint density at radius 1 is 0.805 bits per heavy atom. The third-order valence-electron chi connectivity index (χ3n) is 8.01. The Balaban J connectivity index is 0.000000330. The lowest BCUT2D eigenvalue weighted by atomic mass is 9.71. The van der Waals surface area contributed by atoms with Crippen LogP contribution >= 0.6 is 0 Å². The highest BCUT2D eigenvalue weighted by Gasteiger charge is 2.34. The third kappa shape index (κ3) is 9.56. The van der Waals surface area contributed by atoms with E-state index in [9.17, 15) is 18.0 Å². The van der Waals surface area contributed by atoms with Crippen molar-refractivity contribution in [3.05, 3.63) is 107 Å². The number of hydrogen-bond donors (Lipinski definition) is 0. The smallest absolute Gasteiger partial charge is 0.270 e. The molecule has 0 radical (unpaired) electrons. The van der Waals surface area contributed by atoms with Crippen molar-refractivity contribution in [3.63, 3.8) is 0 Å². The van der Waals surface area contributed by atoms with Gasteiger partial charge < -0.3 is 4.90 Å². The molecule has 0 unspecified atom stereocenters. The molecule has 0 bridgehead atoms. The van der Waals surface area contributed by atoms with Crippen molar-refractivity contribution in [3.8, 4) is 0 Å². The predicted molar refractivity (Wildman–Crippen MR) is 166 cm³/mol. The summed E-state index contributed by atoms with van der Waals surface area (Å²) in [7, 11) is 0. The maximum atomic E-state index is 13.8. The fraction of sp³-hybridized carbons (Fsp3) is 0.472. The van der Waals surface area contributed by atoms with Gasteiger partial charge >= 0.3 is 0 Å². The number of piperidine rings is 1. The van der Waals surface area contributed by atoms with Gasteiger partial charge in [0.2, 0.25) is 0 Å². The molecule has 3 aromatic rings.